The van der Waals surface area contributed by atoms with Crippen molar-refractivity contribution in [3.05, 3.63) is 22.4 Å². The van der Waals surface area contributed by atoms with Crippen LogP contribution in [0.2, 0.25) is 0 Å². The summed E-state index contributed by atoms with van der Waals surface area (Å²) in [5.74, 6) is 1.14. The van der Waals surface area contributed by atoms with Gasteiger partial charge in [-0.2, -0.15) is 0 Å². The van der Waals surface area contributed by atoms with Crippen molar-refractivity contribution >= 4 is 11.3 Å². The van der Waals surface area contributed by atoms with E-state index >= 15 is 0 Å². The van der Waals surface area contributed by atoms with Crippen LogP contribution in [0.25, 0.3) is 0 Å². The highest BCUT2D eigenvalue weighted by molar-refractivity contribution is 7.10. The Kier molecular flexibility index (Phi) is 6.17. The molecule has 0 amide bonds. The monoisotopic (exact) mass is 255 g/mol. The summed E-state index contributed by atoms with van der Waals surface area (Å²) in [6, 6.07) is 4.81. The average molecular weight is 255 g/mol. The van der Waals surface area contributed by atoms with Crippen LogP contribution in [0.5, 0.6) is 0 Å². The van der Waals surface area contributed by atoms with Crippen molar-refractivity contribution in [2.75, 3.05) is 6.61 Å². The number of thiophene rings is 1. The molecule has 1 aromatic heterocycles. The molecule has 0 spiro atoms. The van der Waals surface area contributed by atoms with Crippen LogP contribution >= 0.6 is 11.3 Å². The van der Waals surface area contributed by atoms with Crippen LogP contribution in [0, 0.1) is 11.8 Å². The van der Waals surface area contributed by atoms with E-state index in [9.17, 15) is 5.11 Å². The normalized spacial score (nSPS) is 15.5. The van der Waals surface area contributed by atoms with Crippen molar-refractivity contribution in [2.45, 2.75) is 46.2 Å². The zero-order valence-electron chi connectivity index (χ0n) is 11.3. The van der Waals surface area contributed by atoms with E-state index < -0.39 is 0 Å². The van der Waals surface area contributed by atoms with Crippen LogP contribution < -0.4 is 5.32 Å². The molecule has 0 saturated carbocycles. The minimum atomic E-state index is 0.199. The summed E-state index contributed by atoms with van der Waals surface area (Å²) in [4.78, 5) is 1.36. The number of nitrogens with one attached hydrogen (secondary N) is 1. The van der Waals surface area contributed by atoms with Gasteiger partial charge < -0.3 is 10.4 Å². The molecule has 1 heterocycles. The molecule has 0 radical (unpaired) electrons. The van der Waals surface area contributed by atoms with Gasteiger partial charge in [-0.15, -0.1) is 11.3 Å². The first-order chi connectivity index (χ1) is 8.04. The van der Waals surface area contributed by atoms with Gasteiger partial charge in [-0.05, 0) is 29.7 Å². The van der Waals surface area contributed by atoms with Crippen LogP contribution in [0.1, 0.15) is 45.0 Å². The zero-order valence-corrected chi connectivity index (χ0v) is 12.1. The Labute approximate surface area is 109 Å². The lowest BCUT2D eigenvalue weighted by molar-refractivity contribution is 0.203. The fraction of sp³-hybridized carbons (Fsp3) is 0.714. The summed E-state index contributed by atoms with van der Waals surface area (Å²) in [6.45, 7) is 9.05. The lowest BCUT2D eigenvalue weighted by atomic mass is 9.98. The van der Waals surface area contributed by atoms with Gasteiger partial charge in [0.1, 0.15) is 0 Å². The van der Waals surface area contributed by atoms with E-state index in [1.807, 2.05) is 0 Å². The minimum Gasteiger partial charge on any atom is -0.395 e. The summed E-state index contributed by atoms with van der Waals surface area (Å²) < 4.78 is 0. The molecule has 2 unspecified atom stereocenters. The molecule has 0 aliphatic heterocycles. The first kappa shape index (κ1) is 14.7. The second-order valence-electron chi connectivity index (χ2n) is 5.41. The quantitative estimate of drug-likeness (QED) is 0.782. The highest BCUT2D eigenvalue weighted by Crippen LogP contribution is 2.26. The van der Waals surface area contributed by atoms with E-state index in [-0.39, 0.29) is 12.6 Å². The fourth-order valence-electron chi connectivity index (χ4n) is 2.09. The predicted molar refractivity (Wildman–Crippen MR) is 75.4 cm³/mol. The molecule has 0 aromatic carbocycles. The Morgan fingerprint density at radius 2 is 2.00 bits per heavy atom. The summed E-state index contributed by atoms with van der Waals surface area (Å²) >= 11 is 1.79. The van der Waals surface area contributed by atoms with Gasteiger partial charge in [0.15, 0.2) is 0 Å². The molecular weight excluding hydrogens is 230 g/mol. The van der Waals surface area contributed by atoms with Crippen molar-refractivity contribution < 1.29 is 5.11 Å². The third-order valence-electron chi connectivity index (χ3n) is 2.91. The molecule has 0 bridgehead atoms. The highest BCUT2D eigenvalue weighted by atomic mass is 32.1. The second kappa shape index (κ2) is 7.14. The molecule has 2 N–H and O–H groups in total. The predicted octanol–water partition coefficient (Wildman–Crippen LogP) is 3.44. The average Bonchev–Trinajstić information content (AvgIpc) is 2.76. The minimum absolute atomic E-state index is 0.199. The van der Waals surface area contributed by atoms with E-state index in [0.29, 0.717) is 17.9 Å². The van der Waals surface area contributed by atoms with Gasteiger partial charge in [-0.1, -0.05) is 33.8 Å². The van der Waals surface area contributed by atoms with E-state index in [0.717, 1.165) is 6.42 Å². The van der Waals surface area contributed by atoms with Gasteiger partial charge in [-0.3, -0.25) is 0 Å². The van der Waals surface area contributed by atoms with Crippen LogP contribution in [0.3, 0.4) is 0 Å². The second-order valence-corrected chi connectivity index (χ2v) is 6.39. The summed E-state index contributed by atoms with van der Waals surface area (Å²) in [5.41, 5.74) is 0. The summed E-state index contributed by atoms with van der Waals surface area (Å²) in [5, 5.41) is 15.2. The Hall–Kier alpha value is -0.380. The summed E-state index contributed by atoms with van der Waals surface area (Å²) in [6.07, 6.45) is 1.02. The molecule has 1 rings (SSSR count). The van der Waals surface area contributed by atoms with Crippen molar-refractivity contribution in [3.8, 4) is 0 Å². The van der Waals surface area contributed by atoms with Crippen LogP contribution in [0.4, 0.5) is 0 Å². The van der Waals surface area contributed by atoms with E-state index in [1.165, 1.54) is 4.88 Å². The number of hydrogen-bond donors (Lipinski definition) is 2. The highest BCUT2D eigenvalue weighted by Gasteiger charge is 2.20. The fourth-order valence-corrected chi connectivity index (χ4v) is 3.05. The van der Waals surface area contributed by atoms with Crippen molar-refractivity contribution in [3.63, 3.8) is 0 Å². The molecular formula is C14H25NOS. The van der Waals surface area contributed by atoms with Crippen LogP contribution in [-0.2, 0) is 0 Å². The lowest BCUT2D eigenvalue weighted by Crippen LogP contribution is -2.38. The van der Waals surface area contributed by atoms with Gasteiger partial charge in [0.2, 0.25) is 0 Å². The zero-order chi connectivity index (χ0) is 12.8. The van der Waals surface area contributed by atoms with Crippen molar-refractivity contribution in [1.82, 2.24) is 5.32 Å². The van der Waals surface area contributed by atoms with Gasteiger partial charge >= 0.3 is 0 Å². The first-order valence-electron chi connectivity index (χ1n) is 6.44. The number of rotatable bonds is 7. The standard InChI is InChI=1S/C14H25NOS/c1-10(2)8-12(9-16)15-14(11(3)4)13-6-5-7-17-13/h5-7,10-12,14-16H,8-9H2,1-4H3. The molecule has 0 aliphatic rings. The van der Waals surface area contributed by atoms with E-state index in [2.05, 4.69) is 50.5 Å². The Bertz CT molecular complexity index is 295. The molecule has 0 fully saturated rings. The van der Waals surface area contributed by atoms with E-state index in [4.69, 9.17) is 0 Å². The molecule has 17 heavy (non-hydrogen) atoms. The maximum absolute atomic E-state index is 9.44. The smallest absolute Gasteiger partial charge is 0.0584 e. The summed E-state index contributed by atoms with van der Waals surface area (Å²) in [7, 11) is 0. The third kappa shape index (κ3) is 4.78. The Morgan fingerprint density at radius 1 is 1.29 bits per heavy atom. The Balaban J connectivity index is 2.66. The molecule has 98 valence electrons. The van der Waals surface area contributed by atoms with E-state index in [1.54, 1.807) is 11.3 Å². The largest absolute Gasteiger partial charge is 0.395 e. The maximum atomic E-state index is 9.44. The molecule has 0 aliphatic carbocycles. The van der Waals surface area contributed by atoms with Crippen LogP contribution in [-0.4, -0.2) is 17.8 Å². The van der Waals surface area contributed by atoms with Crippen molar-refractivity contribution in [2.24, 2.45) is 11.8 Å². The lowest BCUT2D eigenvalue weighted by Gasteiger charge is -2.27. The first-order valence-corrected chi connectivity index (χ1v) is 7.32. The van der Waals surface area contributed by atoms with Crippen LogP contribution in [0.15, 0.2) is 17.5 Å². The molecule has 2 atom stereocenters. The number of aliphatic hydroxyl groups is 1. The SMILES string of the molecule is CC(C)CC(CO)NC(c1cccs1)C(C)C. The van der Waals surface area contributed by atoms with Gasteiger partial charge in [0.25, 0.3) is 0 Å². The third-order valence-corrected chi connectivity index (χ3v) is 3.86. The van der Waals surface area contributed by atoms with Gasteiger partial charge in [-0.25, -0.2) is 0 Å². The number of aliphatic hydroxyl groups excluding tert-OH is 1. The Morgan fingerprint density at radius 3 is 2.41 bits per heavy atom. The molecule has 1 aromatic rings. The number of hydrogen-bond acceptors (Lipinski definition) is 3. The topological polar surface area (TPSA) is 32.3 Å². The molecule has 3 heteroatoms. The molecule has 0 saturated heterocycles. The maximum Gasteiger partial charge on any atom is 0.0584 e. The van der Waals surface area contributed by atoms with Gasteiger partial charge in [0, 0.05) is 17.0 Å². The molecule has 2 nitrogen and oxygen atoms in total. The van der Waals surface area contributed by atoms with Crippen molar-refractivity contribution in [1.29, 1.82) is 0 Å². The van der Waals surface area contributed by atoms with Gasteiger partial charge in [0.05, 0.1) is 6.61 Å².